The Hall–Kier alpha value is -2.54. The molecule has 0 spiro atoms. The SMILES string of the molecule is CCN(CC)[C@@H](CNC(=O)[C@H](C)NC(=O)c1ccoc1)c1ccco1. The van der Waals surface area contributed by atoms with E-state index < -0.39 is 6.04 Å². The van der Waals surface area contributed by atoms with E-state index >= 15 is 0 Å². The van der Waals surface area contributed by atoms with Crippen LogP contribution in [0, 0.1) is 0 Å². The molecule has 7 heteroatoms. The molecule has 2 aromatic rings. The number of carbonyl (C=O) groups excluding carboxylic acids is 2. The van der Waals surface area contributed by atoms with Crippen molar-refractivity contribution in [1.82, 2.24) is 15.5 Å². The van der Waals surface area contributed by atoms with Crippen LogP contribution in [0.15, 0.2) is 45.8 Å². The molecular formula is C18H25N3O4. The van der Waals surface area contributed by atoms with E-state index in [2.05, 4.69) is 29.4 Å². The molecule has 0 aliphatic rings. The fourth-order valence-electron chi connectivity index (χ4n) is 2.64. The summed E-state index contributed by atoms with van der Waals surface area (Å²) >= 11 is 0. The van der Waals surface area contributed by atoms with Gasteiger partial charge in [0.15, 0.2) is 0 Å². The van der Waals surface area contributed by atoms with E-state index in [1.165, 1.54) is 12.5 Å². The van der Waals surface area contributed by atoms with Gasteiger partial charge in [-0.1, -0.05) is 13.8 Å². The number of amides is 2. The van der Waals surface area contributed by atoms with Crippen molar-refractivity contribution >= 4 is 11.8 Å². The first-order valence-corrected chi connectivity index (χ1v) is 8.45. The maximum absolute atomic E-state index is 12.3. The number of nitrogens with zero attached hydrogens (tertiary/aromatic N) is 1. The van der Waals surface area contributed by atoms with Gasteiger partial charge in [0, 0.05) is 6.54 Å². The molecule has 0 saturated heterocycles. The number of rotatable bonds is 9. The molecule has 25 heavy (non-hydrogen) atoms. The lowest BCUT2D eigenvalue weighted by Gasteiger charge is -2.28. The summed E-state index contributed by atoms with van der Waals surface area (Å²) in [6.45, 7) is 7.85. The molecular weight excluding hydrogens is 322 g/mol. The van der Waals surface area contributed by atoms with Crippen LogP contribution in [0.5, 0.6) is 0 Å². The van der Waals surface area contributed by atoms with Crippen LogP contribution in [0.3, 0.4) is 0 Å². The second kappa shape index (κ2) is 9.08. The molecule has 2 atom stereocenters. The van der Waals surface area contributed by atoms with E-state index in [0.29, 0.717) is 12.1 Å². The fourth-order valence-corrected chi connectivity index (χ4v) is 2.64. The zero-order valence-corrected chi connectivity index (χ0v) is 14.8. The number of hydrogen-bond acceptors (Lipinski definition) is 5. The van der Waals surface area contributed by atoms with Crippen LogP contribution in [-0.4, -0.2) is 42.4 Å². The highest BCUT2D eigenvalue weighted by atomic mass is 16.3. The molecule has 0 aliphatic heterocycles. The van der Waals surface area contributed by atoms with Crippen molar-refractivity contribution in [3.63, 3.8) is 0 Å². The van der Waals surface area contributed by atoms with Crippen molar-refractivity contribution in [2.24, 2.45) is 0 Å². The van der Waals surface area contributed by atoms with Gasteiger partial charge in [-0.2, -0.15) is 0 Å². The van der Waals surface area contributed by atoms with E-state index in [9.17, 15) is 9.59 Å². The van der Waals surface area contributed by atoms with Gasteiger partial charge >= 0.3 is 0 Å². The maximum Gasteiger partial charge on any atom is 0.255 e. The van der Waals surface area contributed by atoms with Crippen molar-refractivity contribution in [2.75, 3.05) is 19.6 Å². The fraction of sp³-hybridized carbons (Fsp3) is 0.444. The van der Waals surface area contributed by atoms with E-state index in [-0.39, 0.29) is 17.9 Å². The van der Waals surface area contributed by atoms with Gasteiger partial charge in [-0.05, 0) is 38.2 Å². The first-order valence-electron chi connectivity index (χ1n) is 8.45. The van der Waals surface area contributed by atoms with Crippen LogP contribution < -0.4 is 10.6 Å². The van der Waals surface area contributed by atoms with E-state index in [4.69, 9.17) is 8.83 Å². The predicted octanol–water partition coefficient (Wildman–Crippen LogP) is 2.19. The lowest BCUT2D eigenvalue weighted by Crippen LogP contribution is -2.47. The minimum Gasteiger partial charge on any atom is -0.472 e. The van der Waals surface area contributed by atoms with Gasteiger partial charge in [0.25, 0.3) is 5.91 Å². The van der Waals surface area contributed by atoms with Crippen LogP contribution in [0.1, 0.15) is 42.9 Å². The van der Waals surface area contributed by atoms with Gasteiger partial charge in [-0.25, -0.2) is 0 Å². The third-order valence-electron chi connectivity index (χ3n) is 4.12. The molecule has 2 aromatic heterocycles. The van der Waals surface area contributed by atoms with Crippen molar-refractivity contribution in [2.45, 2.75) is 32.9 Å². The van der Waals surface area contributed by atoms with E-state index in [1.807, 2.05) is 12.1 Å². The normalized spacial score (nSPS) is 13.4. The summed E-state index contributed by atoms with van der Waals surface area (Å²) in [6.07, 6.45) is 4.38. The Morgan fingerprint density at radius 2 is 1.96 bits per heavy atom. The molecule has 7 nitrogen and oxygen atoms in total. The summed E-state index contributed by atoms with van der Waals surface area (Å²) in [7, 11) is 0. The van der Waals surface area contributed by atoms with Gasteiger partial charge in [0.1, 0.15) is 18.1 Å². The van der Waals surface area contributed by atoms with Crippen LogP contribution in [-0.2, 0) is 4.79 Å². The van der Waals surface area contributed by atoms with Crippen LogP contribution >= 0.6 is 0 Å². The third kappa shape index (κ3) is 4.96. The second-order valence-electron chi connectivity index (χ2n) is 5.70. The monoisotopic (exact) mass is 347 g/mol. The van der Waals surface area contributed by atoms with Crippen molar-refractivity contribution in [3.05, 3.63) is 48.3 Å². The van der Waals surface area contributed by atoms with Crippen molar-refractivity contribution in [1.29, 1.82) is 0 Å². The molecule has 2 heterocycles. The van der Waals surface area contributed by atoms with E-state index in [1.54, 1.807) is 19.3 Å². The lowest BCUT2D eigenvalue weighted by atomic mass is 10.1. The zero-order chi connectivity index (χ0) is 18.2. The quantitative estimate of drug-likeness (QED) is 0.726. The number of furan rings is 2. The van der Waals surface area contributed by atoms with Crippen LogP contribution in [0.25, 0.3) is 0 Å². The summed E-state index contributed by atoms with van der Waals surface area (Å²) in [5, 5.41) is 5.54. The Morgan fingerprint density at radius 1 is 1.20 bits per heavy atom. The first kappa shape index (κ1) is 18.8. The van der Waals surface area contributed by atoms with Gasteiger partial charge in [-0.3, -0.25) is 14.5 Å². The minimum atomic E-state index is -0.656. The third-order valence-corrected chi connectivity index (χ3v) is 4.12. The average molecular weight is 347 g/mol. The Balaban J connectivity index is 1.92. The average Bonchev–Trinajstić information content (AvgIpc) is 3.31. The predicted molar refractivity (Wildman–Crippen MR) is 93.0 cm³/mol. The molecule has 2 amide bonds. The van der Waals surface area contributed by atoms with Gasteiger partial charge in [-0.15, -0.1) is 0 Å². The number of likely N-dealkylation sites (N-methyl/N-ethyl adjacent to an activating group) is 1. The molecule has 136 valence electrons. The Labute approximate surface area is 147 Å². The summed E-state index contributed by atoms with van der Waals surface area (Å²) in [5.74, 6) is 0.211. The molecule has 0 aromatic carbocycles. The summed E-state index contributed by atoms with van der Waals surface area (Å²) in [6, 6.07) is 4.58. The highest BCUT2D eigenvalue weighted by Gasteiger charge is 2.23. The summed E-state index contributed by atoms with van der Waals surface area (Å²) < 4.78 is 10.4. The largest absolute Gasteiger partial charge is 0.472 e. The Kier molecular flexibility index (Phi) is 6.82. The highest BCUT2D eigenvalue weighted by molar-refractivity contribution is 5.97. The molecule has 0 unspecified atom stereocenters. The Morgan fingerprint density at radius 3 is 2.52 bits per heavy atom. The molecule has 0 radical (unpaired) electrons. The molecule has 0 saturated carbocycles. The van der Waals surface area contributed by atoms with Gasteiger partial charge in [0.05, 0.1) is 24.1 Å². The summed E-state index contributed by atoms with van der Waals surface area (Å²) in [5.41, 5.74) is 0.385. The lowest BCUT2D eigenvalue weighted by molar-refractivity contribution is -0.122. The molecule has 0 bridgehead atoms. The van der Waals surface area contributed by atoms with Crippen molar-refractivity contribution in [3.8, 4) is 0 Å². The van der Waals surface area contributed by atoms with Crippen LogP contribution in [0.2, 0.25) is 0 Å². The molecule has 0 aliphatic carbocycles. The summed E-state index contributed by atoms with van der Waals surface area (Å²) in [4.78, 5) is 26.5. The Bertz CT molecular complexity index is 648. The van der Waals surface area contributed by atoms with Gasteiger partial charge in [0.2, 0.25) is 5.91 Å². The first-order chi connectivity index (χ1) is 12.1. The maximum atomic E-state index is 12.3. The van der Waals surface area contributed by atoms with E-state index in [0.717, 1.165) is 18.8 Å². The number of hydrogen-bond donors (Lipinski definition) is 2. The van der Waals surface area contributed by atoms with Crippen molar-refractivity contribution < 1.29 is 18.4 Å². The zero-order valence-electron chi connectivity index (χ0n) is 14.8. The number of carbonyl (C=O) groups is 2. The van der Waals surface area contributed by atoms with Crippen LogP contribution in [0.4, 0.5) is 0 Å². The highest BCUT2D eigenvalue weighted by Crippen LogP contribution is 2.20. The standard InChI is InChI=1S/C18H25N3O4/c1-4-21(5-2)15(16-7-6-9-25-16)11-19-17(22)13(3)20-18(23)14-8-10-24-12-14/h6-10,12-13,15H,4-5,11H2,1-3H3,(H,19,22)(H,20,23)/t13-,15-/m0/s1. The minimum absolute atomic E-state index is 0.0503. The molecule has 0 fully saturated rings. The molecule has 2 rings (SSSR count). The smallest absolute Gasteiger partial charge is 0.255 e. The second-order valence-corrected chi connectivity index (χ2v) is 5.70. The van der Waals surface area contributed by atoms with Gasteiger partial charge < -0.3 is 19.5 Å². The number of nitrogens with one attached hydrogen (secondary N) is 2. The topological polar surface area (TPSA) is 87.7 Å². The molecule has 2 N–H and O–H groups in total.